The lowest BCUT2D eigenvalue weighted by molar-refractivity contribution is -0.122. The molecular weight excluding hydrogens is 318 g/mol. The summed E-state index contributed by atoms with van der Waals surface area (Å²) in [6.45, 7) is 2.12. The van der Waals surface area contributed by atoms with Gasteiger partial charge in [-0.3, -0.25) is 9.59 Å². The molecule has 22 heavy (non-hydrogen) atoms. The van der Waals surface area contributed by atoms with Crippen molar-refractivity contribution in [3.63, 3.8) is 0 Å². The Morgan fingerprint density at radius 1 is 1.32 bits per heavy atom. The third kappa shape index (κ3) is 3.54. The van der Waals surface area contributed by atoms with E-state index in [9.17, 15) is 9.59 Å². The van der Waals surface area contributed by atoms with Crippen molar-refractivity contribution in [2.75, 3.05) is 0 Å². The lowest BCUT2D eigenvalue weighted by Gasteiger charge is -2.28. The fraction of sp³-hybridized carbons (Fsp3) is 0.647. The van der Waals surface area contributed by atoms with Gasteiger partial charge in [0, 0.05) is 18.9 Å². The number of amides is 1. The van der Waals surface area contributed by atoms with E-state index in [1.807, 2.05) is 0 Å². The predicted molar refractivity (Wildman–Crippen MR) is 89.4 cm³/mol. The zero-order valence-electron chi connectivity index (χ0n) is 12.8. The van der Waals surface area contributed by atoms with Crippen LogP contribution in [-0.2, 0) is 4.79 Å². The molecule has 2 bridgehead atoms. The van der Waals surface area contributed by atoms with Crippen molar-refractivity contribution >= 4 is 34.6 Å². The van der Waals surface area contributed by atoms with Crippen LogP contribution in [0.2, 0.25) is 4.34 Å². The number of thiophene rings is 1. The molecule has 1 aromatic heterocycles. The average molecular weight is 340 g/mol. The van der Waals surface area contributed by atoms with E-state index in [-0.39, 0.29) is 30.6 Å². The molecule has 3 nitrogen and oxygen atoms in total. The lowest BCUT2D eigenvalue weighted by atomic mass is 9.84. The van der Waals surface area contributed by atoms with Crippen molar-refractivity contribution in [1.29, 1.82) is 0 Å². The molecule has 1 heterocycles. The second kappa shape index (κ2) is 6.71. The molecule has 120 valence electrons. The number of hydrogen-bond donors (Lipinski definition) is 1. The predicted octanol–water partition coefficient (Wildman–Crippen LogP) is 4.31. The molecule has 1 amide bonds. The third-order valence-electron chi connectivity index (χ3n) is 5.25. The Balaban J connectivity index is 1.43. The lowest BCUT2D eigenvalue weighted by Crippen LogP contribution is -2.40. The van der Waals surface area contributed by atoms with Gasteiger partial charge in [0.25, 0.3) is 0 Å². The summed E-state index contributed by atoms with van der Waals surface area (Å²) < 4.78 is 0.609. The van der Waals surface area contributed by atoms with E-state index in [0.717, 1.165) is 11.8 Å². The van der Waals surface area contributed by atoms with Crippen LogP contribution in [0.15, 0.2) is 12.1 Å². The van der Waals surface area contributed by atoms with E-state index in [4.69, 9.17) is 11.6 Å². The second-order valence-corrected chi connectivity index (χ2v) is 8.44. The molecule has 2 saturated carbocycles. The van der Waals surface area contributed by atoms with Crippen LogP contribution in [0.4, 0.5) is 0 Å². The van der Waals surface area contributed by atoms with Crippen LogP contribution in [0.1, 0.15) is 55.1 Å². The van der Waals surface area contributed by atoms with Gasteiger partial charge in [0.15, 0.2) is 5.78 Å². The van der Waals surface area contributed by atoms with E-state index in [0.29, 0.717) is 15.1 Å². The molecule has 1 N–H and O–H groups in total. The van der Waals surface area contributed by atoms with Gasteiger partial charge in [0.05, 0.1) is 9.21 Å². The summed E-state index contributed by atoms with van der Waals surface area (Å²) in [5.41, 5.74) is 0. The van der Waals surface area contributed by atoms with Crippen LogP contribution in [0.25, 0.3) is 0 Å². The molecule has 3 rings (SSSR count). The van der Waals surface area contributed by atoms with Crippen molar-refractivity contribution < 1.29 is 9.59 Å². The van der Waals surface area contributed by atoms with Crippen LogP contribution < -0.4 is 5.32 Å². The molecule has 2 fully saturated rings. The molecular formula is C17H22ClNO2S. The molecule has 0 radical (unpaired) electrons. The van der Waals surface area contributed by atoms with Crippen molar-refractivity contribution in [3.05, 3.63) is 21.3 Å². The summed E-state index contributed by atoms with van der Waals surface area (Å²) in [5, 5.41) is 3.10. The molecule has 0 saturated heterocycles. The first-order chi connectivity index (χ1) is 10.5. The number of carbonyl (C=O) groups excluding carboxylic acids is 2. The van der Waals surface area contributed by atoms with Crippen LogP contribution >= 0.6 is 22.9 Å². The zero-order valence-corrected chi connectivity index (χ0v) is 14.4. The van der Waals surface area contributed by atoms with Gasteiger partial charge in [-0.15, -0.1) is 11.3 Å². The first kappa shape index (κ1) is 16.0. The van der Waals surface area contributed by atoms with Gasteiger partial charge in [-0.25, -0.2) is 0 Å². The Kier molecular flexibility index (Phi) is 4.88. The number of nitrogens with one attached hydrogen (secondary N) is 1. The highest BCUT2D eigenvalue weighted by Crippen LogP contribution is 2.49. The highest BCUT2D eigenvalue weighted by molar-refractivity contribution is 7.18. The number of rotatable bonds is 6. The van der Waals surface area contributed by atoms with Crippen LogP contribution in [0.5, 0.6) is 0 Å². The van der Waals surface area contributed by atoms with E-state index in [1.54, 1.807) is 12.1 Å². The summed E-state index contributed by atoms with van der Waals surface area (Å²) in [5.74, 6) is 2.31. The highest BCUT2D eigenvalue weighted by atomic mass is 35.5. The van der Waals surface area contributed by atoms with Gasteiger partial charge in [0.1, 0.15) is 0 Å². The molecule has 2 aliphatic rings. The van der Waals surface area contributed by atoms with Crippen molar-refractivity contribution in [2.24, 2.45) is 17.8 Å². The number of ketones is 1. The molecule has 0 unspecified atom stereocenters. The molecule has 1 aromatic rings. The highest BCUT2D eigenvalue weighted by Gasteiger charge is 2.42. The molecule has 0 aromatic carbocycles. The van der Waals surface area contributed by atoms with Gasteiger partial charge in [-0.1, -0.05) is 18.0 Å². The van der Waals surface area contributed by atoms with Gasteiger partial charge in [0.2, 0.25) is 5.91 Å². The summed E-state index contributed by atoms with van der Waals surface area (Å²) in [7, 11) is 0. The number of carbonyl (C=O) groups is 2. The standard InChI is InChI=1S/C17H22ClNO2S/c1-10(13-9-11-2-3-12(13)8-11)19-17(21)7-4-14(20)15-5-6-16(18)22-15/h5-6,10-13H,2-4,7-9H2,1H3,(H,19,21)/t10-,11-,12-,13+/m0/s1. The maximum Gasteiger partial charge on any atom is 0.220 e. The van der Waals surface area contributed by atoms with E-state index >= 15 is 0 Å². The molecule has 4 atom stereocenters. The fourth-order valence-electron chi connectivity index (χ4n) is 4.15. The summed E-state index contributed by atoms with van der Waals surface area (Å²) >= 11 is 7.10. The Hall–Kier alpha value is -0.870. The van der Waals surface area contributed by atoms with Crippen molar-refractivity contribution in [3.8, 4) is 0 Å². The summed E-state index contributed by atoms with van der Waals surface area (Å²) in [4.78, 5) is 24.7. The van der Waals surface area contributed by atoms with Gasteiger partial charge in [-0.2, -0.15) is 0 Å². The topological polar surface area (TPSA) is 46.2 Å². The Morgan fingerprint density at radius 3 is 2.73 bits per heavy atom. The van der Waals surface area contributed by atoms with Crippen LogP contribution in [-0.4, -0.2) is 17.7 Å². The van der Waals surface area contributed by atoms with Crippen molar-refractivity contribution in [1.82, 2.24) is 5.32 Å². The molecule has 2 aliphatic carbocycles. The minimum Gasteiger partial charge on any atom is -0.353 e. The Morgan fingerprint density at radius 2 is 2.14 bits per heavy atom. The zero-order chi connectivity index (χ0) is 15.7. The largest absolute Gasteiger partial charge is 0.353 e. The summed E-state index contributed by atoms with van der Waals surface area (Å²) in [6.07, 6.45) is 5.83. The number of fused-ring (bicyclic) bond motifs is 2. The van der Waals surface area contributed by atoms with Crippen molar-refractivity contribution in [2.45, 2.75) is 51.5 Å². The minimum absolute atomic E-state index is 0.000346. The molecule has 5 heteroatoms. The van der Waals surface area contributed by atoms with E-state index in [2.05, 4.69) is 12.2 Å². The first-order valence-corrected chi connectivity index (χ1v) is 9.30. The quantitative estimate of drug-likeness (QED) is 0.785. The minimum atomic E-state index is -0.00808. The fourth-order valence-corrected chi connectivity index (χ4v) is 5.16. The summed E-state index contributed by atoms with van der Waals surface area (Å²) in [6, 6.07) is 3.68. The van der Waals surface area contributed by atoms with Gasteiger partial charge in [-0.05, 0) is 56.1 Å². The second-order valence-electron chi connectivity index (χ2n) is 6.72. The number of Topliss-reactive ketones (excluding diaryl/α,β-unsaturated/α-hetero) is 1. The van der Waals surface area contributed by atoms with E-state index in [1.165, 1.54) is 37.0 Å². The number of halogens is 1. The Bertz CT molecular complexity index is 571. The third-order valence-corrected chi connectivity index (χ3v) is 6.52. The number of hydrogen-bond acceptors (Lipinski definition) is 3. The molecule has 0 spiro atoms. The normalized spacial score (nSPS) is 27.8. The smallest absolute Gasteiger partial charge is 0.220 e. The SMILES string of the molecule is C[C@H](NC(=O)CCC(=O)c1ccc(Cl)s1)[C@H]1C[C@H]2CC[C@H]1C2. The van der Waals surface area contributed by atoms with Gasteiger partial charge >= 0.3 is 0 Å². The van der Waals surface area contributed by atoms with Crippen LogP contribution in [0, 0.1) is 17.8 Å². The maximum absolute atomic E-state index is 12.1. The Labute approximate surface area is 140 Å². The maximum atomic E-state index is 12.1. The van der Waals surface area contributed by atoms with Gasteiger partial charge < -0.3 is 5.32 Å². The first-order valence-electron chi connectivity index (χ1n) is 8.11. The average Bonchev–Trinajstić information content (AvgIpc) is 3.20. The van der Waals surface area contributed by atoms with Crippen LogP contribution in [0.3, 0.4) is 0 Å². The van der Waals surface area contributed by atoms with E-state index < -0.39 is 0 Å². The monoisotopic (exact) mass is 339 g/mol. The molecule has 0 aliphatic heterocycles.